The standard InChI is InChI=1S/C19H25N3O2/c1-13(2)19-20-6-3-16(21-19)17-9-15-4-7-22(11-18(15)24-17)10-14-5-8-23-12-14/h3,5-6,8,12-13,15,17-18H,4,7,9-11H2,1-2H3/t15-,17+,18+/m1/s1. The number of likely N-dealkylation sites (tertiary alicyclic amines) is 1. The monoisotopic (exact) mass is 327 g/mol. The van der Waals surface area contributed by atoms with Crippen LogP contribution in [-0.4, -0.2) is 34.1 Å². The molecule has 24 heavy (non-hydrogen) atoms. The first-order valence-corrected chi connectivity index (χ1v) is 8.91. The highest BCUT2D eigenvalue weighted by atomic mass is 16.5. The molecule has 0 radical (unpaired) electrons. The molecule has 0 aromatic carbocycles. The lowest BCUT2D eigenvalue weighted by Gasteiger charge is -2.33. The summed E-state index contributed by atoms with van der Waals surface area (Å²) in [5.74, 6) is 1.90. The van der Waals surface area contributed by atoms with Gasteiger partial charge in [0.2, 0.25) is 0 Å². The van der Waals surface area contributed by atoms with Crippen molar-refractivity contribution in [3.05, 3.63) is 47.9 Å². The maximum Gasteiger partial charge on any atom is 0.131 e. The largest absolute Gasteiger partial charge is 0.472 e. The summed E-state index contributed by atoms with van der Waals surface area (Å²) in [4.78, 5) is 11.6. The van der Waals surface area contributed by atoms with E-state index in [0.29, 0.717) is 17.9 Å². The molecule has 0 unspecified atom stereocenters. The van der Waals surface area contributed by atoms with Crippen LogP contribution in [0, 0.1) is 5.92 Å². The van der Waals surface area contributed by atoms with Gasteiger partial charge in [-0.15, -0.1) is 0 Å². The van der Waals surface area contributed by atoms with Crippen molar-refractivity contribution in [2.75, 3.05) is 13.1 Å². The van der Waals surface area contributed by atoms with Gasteiger partial charge in [0.15, 0.2) is 0 Å². The molecule has 128 valence electrons. The SMILES string of the molecule is CC(C)c1nccc([C@@H]2C[C@H]3CCN(Cc4ccoc4)C[C@@H]3O2)n1. The van der Waals surface area contributed by atoms with E-state index in [1.54, 1.807) is 6.26 Å². The molecule has 2 aliphatic rings. The molecule has 2 saturated heterocycles. The maximum atomic E-state index is 6.38. The number of hydrogen-bond acceptors (Lipinski definition) is 5. The fourth-order valence-corrected chi connectivity index (χ4v) is 3.82. The lowest BCUT2D eigenvalue weighted by molar-refractivity contribution is -0.0107. The molecule has 0 aliphatic carbocycles. The molecule has 3 atom stereocenters. The van der Waals surface area contributed by atoms with Crippen LogP contribution >= 0.6 is 0 Å². The Balaban J connectivity index is 1.41. The molecule has 2 aliphatic heterocycles. The maximum absolute atomic E-state index is 6.38. The van der Waals surface area contributed by atoms with E-state index >= 15 is 0 Å². The summed E-state index contributed by atoms with van der Waals surface area (Å²) in [5.41, 5.74) is 2.28. The topological polar surface area (TPSA) is 51.4 Å². The highest BCUT2D eigenvalue weighted by Crippen LogP contribution is 2.40. The summed E-state index contributed by atoms with van der Waals surface area (Å²) < 4.78 is 11.6. The number of ether oxygens (including phenoxy) is 1. The Hall–Kier alpha value is -1.72. The molecule has 4 rings (SSSR count). The minimum absolute atomic E-state index is 0.120. The lowest BCUT2D eigenvalue weighted by atomic mass is 9.91. The van der Waals surface area contributed by atoms with Gasteiger partial charge in [0.25, 0.3) is 0 Å². The molecular formula is C19H25N3O2. The normalized spacial score (nSPS) is 27.5. The van der Waals surface area contributed by atoms with Crippen molar-refractivity contribution >= 4 is 0 Å². The van der Waals surface area contributed by atoms with Crippen LogP contribution in [0.25, 0.3) is 0 Å². The molecule has 5 heteroatoms. The average Bonchev–Trinajstić information content (AvgIpc) is 3.24. The number of hydrogen-bond donors (Lipinski definition) is 0. The Kier molecular flexibility index (Phi) is 4.37. The molecule has 2 aromatic rings. The predicted octanol–water partition coefficient (Wildman–Crippen LogP) is 3.55. The summed E-state index contributed by atoms with van der Waals surface area (Å²) in [7, 11) is 0. The van der Waals surface area contributed by atoms with E-state index in [2.05, 4.69) is 23.7 Å². The second kappa shape index (κ2) is 6.65. The summed E-state index contributed by atoms with van der Waals surface area (Å²) in [6.07, 6.45) is 8.15. The number of fused-ring (bicyclic) bond motifs is 1. The summed E-state index contributed by atoms with van der Waals surface area (Å²) in [5, 5.41) is 0. The fraction of sp³-hybridized carbons (Fsp3) is 0.579. The fourth-order valence-electron chi connectivity index (χ4n) is 3.82. The first-order valence-electron chi connectivity index (χ1n) is 8.91. The number of nitrogens with zero attached hydrogens (tertiary/aromatic N) is 3. The van der Waals surface area contributed by atoms with Crippen LogP contribution in [0.4, 0.5) is 0 Å². The second-order valence-corrected chi connectivity index (χ2v) is 7.31. The molecule has 2 aromatic heterocycles. The summed E-state index contributed by atoms with van der Waals surface area (Å²) in [6.45, 7) is 7.32. The molecule has 4 heterocycles. The molecule has 2 fully saturated rings. The predicted molar refractivity (Wildman–Crippen MR) is 90.4 cm³/mol. The Morgan fingerprint density at radius 3 is 3.04 bits per heavy atom. The zero-order valence-corrected chi connectivity index (χ0v) is 14.4. The van der Waals surface area contributed by atoms with Gasteiger partial charge < -0.3 is 9.15 Å². The van der Waals surface area contributed by atoms with Gasteiger partial charge in [-0.3, -0.25) is 4.90 Å². The molecular weight excluding hydrogens is 302 g/mol. The molecule has 0 saturated carbocycles. The van der Waals surface area contributed by atoms with E-state index in [0.717, 1.165) is 37.6 Å². The van der Waals surface area contributed by atoms with Crippen LogP contribution in [0.2, 0.25) is 0 Å². The van der Waals surface area contributed by atoms with Gasteiger partial charge in [0.1, 0.15) is 11.9 Å². The summed E-state index contributed by atoms with van der Waals surface area (Å²) >= 11 is 0. The van der Waals surface area contributed by atoms with Crippen molar-refractivity contribution in [3.8, 4) is 0 Å². The van der Waals surface area contributed by atoms with Crippen molar-refractivity contribution in [1.82, 2.24) is 14.9 Å². The molecule has 0 spiro atoms. The van der Waals surface area contributed by atoms with Gasteiger partial charge in [-0.05, 0) is 37.4 Å². The quantitative estimate of drug-likeness (QED) is 0.859. The van der Waals surface area contributed by atoms with Crippen LogP contribution in [0.15, 0.2) is 35.3 Å². The Labute approximate surface area is 143 Å². The van der Waals surface area contributed by atoms with Gasteiger partial charge in [-0.25, -0.2) is 9.97 Å². The molecule has 0 bridgehead atoms. The van der Waals surface area contributed by atoms with Gasteiger partial charge in [0.05, 0.1) is 24.3 Å². The number of rotatable bonds is 4. The lowest BCUT2D eigenvalue weighted by Crippen LogP contribution is -2.41. The van der Waals surface area contributed by atoms with Crippen molar-refractivity contribution in [3.63, 3.8) is 0 Å². The molecule has 0 N–H and O–H groups in total. The Bertz CT molecular complexity index is 671. The van der Waals surface area contributed by atoms with Crippen LogP contribution in [0.1, 0.15) is 55.8 Å². The smallest absolute Gasteiger partial charge is 0.131 e. The molecule has 0 amide bonds. The van der Waals surface area contributed by atoms with E-state index in [4.69, 9.17) is 14.1 Å². The first-order chi connectivity index (χ1) is 11.7. The van der Waals surface area contributed by atoms with E-state index < -0.39 is 0 Å². The highest BCUT2D eigenvalue weighted by Gasteiger charge is 2.40. The van der Waals surface area contributed by atoms with Crippen LogP contribution < -0.4 is 0 Å². The Morgan fingerprint density at radius 1 is 1.33 bits per heavy atom. The van der Waals surface area contributed by atoms with E-state index in [1.165, 1.54) is 12.0 Å². The van der Waals surface area contributed by atoms with Gasteiger partial charge in [0, 0.05) is 30.8 Å². The van der Waals surface area contributed by atoms with E-state index in [-0.39, 0.29) is 6.10 Å². The van der Waals surface area contributed by atoms with Crippen molar-refractivity contribution in [2.45, 2.75) is 51.4 Å². The zero-order valence-electron chi connectivity index (χ0n) is 14.4. The van der Waals surface area contributed by atoms with E-state index in [1.807, 2.05) is 24.6 Å². The van der Waals surface area contributed by atoms with Crippen LogP contribution in [-0.2, 0) is 11.3 Å². The number of furan rings is 1. The van der Waals surface area contributed by atoms with Gasteiger partial charge in [-0.1, -0.05) is 13.8 Å². The highest BCUT2D eigenvalue weighted by molar-refractivity contribution is 5.11. The number of aromatic nitrogens is 2. The van der Waals surface area contributed by atoms with Crippen LogP contribution in [0.5, 0.6) is 0 Å². The minimum atomic E-state index is 0.120. The molecule has 5 nitrogen and oxygen atoms in total. The van der Waals surface area contributed by atoms with Crippen molar-refractivity contribution in [1.29, 1.82) is 0 Å². The van der Waals surface area contributed by atoms with Crippen molar-refractivity contribution < 1.29 is 9.15 Å². The first kappa shape index (κ1) is 15.8. The average molecular weight is 327 g/mol. The van der Waals surface area contributed by atoms with Gasteiger partial charge >= 0.3 is 0 Å². The second-order valence-electron chi connectivity index (χ2n) is 7.31. The zero-order chi connectivity index (χ0) is 16.5. The minimum Gasteiger partial charge on any atom is -0.472 e. The third kappa shape index (κ3) is 3.23. The van der Waals surface area contributed by atoms with Gasteiger partial charge in [-0.2, -0.15) is 0 Å². The van der Waals surface area contributed by atoms with Crippen LogP contribution in [0.3, 0.4) is 0 Å². The number of piperidine rings is 1. The third-order valence-corrected chi connectivity index (χ3v) is 5.16. The summed E-state index contributed by atoms with van der Waals surface area (Å²) in [6, 6.07) is 4.05. The third-order valence-electron chi connectivity index (χ3n) is 5.16. The Morgan fingerprint density at radius 2 is 2.25 bits per heavy atom. The van der Waals surface area contributed by atoms with Crippen molar-refractivity contribution in [2.24, 2.45) is 5.92 Å². The van der Waals surface area contributed by atoms with E-state index in [9.17, 15) is 0 Å².